The Morgan fingerprint density at radius 3 is 2.68 bits per heavy atom. The number of aryl methyl sites for hydroxylation is 1. The highest BCUT2D eigenvalue weighted by Crippen LogP contribution is 2.50. The highest BCUT2D eigenvalue weighted by molar-refractivity contribution is 14.1. The molecule has 0 aromatic heterocycles. The highest BCUT2D eigenvalue weighted by atomic mass is 127. The summed E-state index contributed by atoms with van der Waals surface area (Å²) < 4.78 is 13.1. The van der Waals surface area contributed by atoms with Crippen molar-refractivity contribution in [3.63, 3.8) is 0 Å². The van der Waals surface area contributed by atoms with Crippen LogP contribution in [0.4, 0.5) is 11.4 Å². The lowest BCUT2D eigenvalue weighted by atomic mass is 9.76. The van der Waals surface area contributed by atoms with Gasteiger partial charge in [0.05, 0.1) is 21.9 Å². The van der Waals surface area contributed by atoms with Crippen LogP contribution in [0.2, 0.25) is 5.02 Å². The molecule has 2 aliphatic rings. The fourth-order valence-corrected chi connectivity index (χ4v) is 6.80. The number of rotatable bonds is 8. The summed E-state index contributed by atoms with van der Waals surface area (Å²) in [5.74, 6) is 2.42. The summed E-state index contributed by atoms with van der Waals surface area (Å²) in [5.41, 5.74) is 8.15. The number of anilines is 1. The lowest BCUT2D eigenvalue weighted by Gasteiger charge is -2.37. The molecule has 3 atom stereocenters. The van der Waals surface area contributed by atoms with Gasteiger partial charge in [-0.3, -0.25) is 4.99 Å². The van der Waals surface area contributed by atoms with Crippen molar-refractivity contribution in [2.45, 2.75) is 38.8 Å². The van der Waals surface area contributed by atoms with Crippen molar-refractivity contribution in [2.24, 2.45) is 10.9 Å². The van der Waals surface area contributed by atoms with E-state index in [2.05, 4.69) is 95.5 Å². The third kappa shape index (κ3) is 6.16. The Bertz CT molecular complexity index is 1620. The molecule has 4 aromatic carbocycles. The Hall–Kier alpha value is -3.29. The largest absolute Gasteiger partial charge is 0.490 e. The number of benzene rings is 4. The Morgan fingerprint density at radius 1 is 1.02 bits per heavy atom. The summed E-state index contributed by atoms with van der Waals surface area (Å²) in [6.45, 7) is 5.10. The molecule has 0 bridgehead atoms. The summed E-state index contributed by atoms with van der Waals surface area (Å²) in [5, 5.41) is 4.53. The topological polar surface area (TPSA) is 42.8 Å². The molecular weight excluding hydrogens is 643 g/mol. The van der Waals surface area contributed by atoms with Gasteiger partial charge in [0, 0.05) is 22.8 Å². The summed E-state index contributed by atoms with van der Waals surface area (Å²) in [7, 11) is 0. The number of fused-ring (bicyclic) bond motifs is 3. The minimum absolute atomic E-state index is 0.276. The number of nitrogens with zero attached hydrogens (tertiary/aromatic N) is 1. The van der Waals surface area contributed by atoms with Crippen molar-refractivity contribution in [1.82, 2.24) is 0 Å². The maximum atomic E-state index is 6.16. The number of ether oxygens (including phenoxy) is 2. The molecule has 6 heteroatoms. The molecule has 1 aliphatic heterocycles. The molecular formula is C35H32ClIN2O2. The number of allylic oxidation sites excluding steroid dienone is 2. The standard InChI is InChI=1S/C35H32ClIN2O2/c1-3-40-33-19-24(18-31(37)35(33)41-21-23-6-4-7-26(36)17-23)20-38-27-13-11-25(12-14-27)34-29-9-5-8-28(29)30-16-22(2)10-15-32(30)39-34/h4-8,10-20,28-29,34,39H,3,9,21H2,1-2H3/t28-,29-,34+/m1/s1. The number of hydrogen-bond acceptors (Lipinski definition) is 4. The lowest BCUT2D eigenvalue weighted by Crippen LogP contribution is -2.29. The number of nitrogens with one attached hydrogen (secondary N) is 1. The van der Waals surface area contributed by atoms with E-state index in [1.54, 1.807) is 0 Å². The molecule has 0 saturated heterocycles. The van der Waals surface area contributed by atoms with Crippen LogP contribution >= 0.6 is 34.2 Å². The van der Waals surface area contributed by atoms with E-state index in [0.29, 0.717) is 35.8 Å². The third-order valence-corrected chi connectivity index (χ3v) is 8.77. The normalized spacial score (nSPS) is 19.1. The predicted octanol–water partition coefficient (Wildman–Crippen LogP) is 9.81. The predicted molar refractivity (Wildman–Crippen MR) is 177 cm³/mol. The van der Waals surface area contributed by atoms with Gasteiger partial charge in [0.1, 0.15) is 6.61 Å². The minimum atomic E-state index is 0.276. The molecule has 1 heterocycles. The van der Waals surface area contributed by atoms with E-state index in [0.717, 1.165) is 32.6 Å². The molecule has 0 spiro atoms. The van der Waals surface area contributed by atoms with Gasteiger partial charge in [-0.05, 0) is 113 Å². The Balaban J connectivity index is 1.18. The van der Waals surface area contributed by atoms with Crippen molar-refractivity contribution in [3.8, 4) is 11.5 Å². The van der Waals surface area contributed by atoms with Crippen LogP contribution in [0.1, 0.15) is 53.1 Å². The third-order valence-electron chi connectivity index (χ3n) is 7.74. The molecule has 6 rings (SSSR count). The molecule has 1 aliphatic carbocycles. The van der Waals surface area contributed by atoms with Gasteiger partial charge in [0.25, 0.3) is 0 Å². The highest BCUT2D eigenvalue weighted by Gasteiger charge is 2.37. The summed E-state index contributed by atoms with van der Waals surface area (Å²) >= 11 is 8.43. The fraction of sp³-hybridized carbons (Fsp3) is 0.229. The quantitative estimate of drug-likeness (QED) is 0.115. The molecule has 41 heavy (non-hydrogen) atoms. The second-order valence-electron chi connectivity index (χ2n) is 10.6. The van der Waals surface area contributed by atoms with E-state index in [4.69, 9.17) is 26.1 Å². The Labute approximate surface area is 260 Å². The zero-order valence-electron chi connectivity index (χ0n) is 23.1. The number of halogens is 2. The first kappa shape index (κ1) is 27.9. The van der Waals surface area contributed by atoms with Gasteiger partial charge in [-0.2, -0.15) is 0 Å². The van der Waals surface area contributed by atoms with E-state index in [1.807, 2.05) is 43.5 Å². The van der Waals surface area contributed by atoms with Gasteiger partial charge < -0.3 is 14.8 Å². The molecule has 0 amide bonds. The van der Waals surface area contributed by atoms with E-state index in [1.165, 1.54) is 22.4 Å². The van der Waals surface area contributed by atoms with Crippen molar-refractivity contribution in [1.29, 1.82) is 0 Å². The first-order chi connectivity index (χ1) is 20.0. The number of aliphatic imine (C=N–C) groups is 1. The first-order valence-corrected chi connectivity index (χ1v) is 15.5. The number of hydrogen-bond donors (Lipinski definition) is 1. The lowest BCUT2D eigenvalue weighted by molar-refractivity contribution is 0.267. The van der Waals surface area contributed by atoms with Crippen LogP contribution in [-0.4, -0.2) is 12.8 Å². The van der Waals surface area contributed by atoms with Crippen LogP contribution in [0.3, 0.4) is 0 Å². The van der Waals surface area contributed by atoms with Crippen LogP contribution in [0, 0.1) is 16.4 Å². The molecule has 0 saturated carbocycles. The van der Waals surface area contributed by atoms with Crippen LogP contribution < -0.4 is 14.8 Å². The molecule has 0 radical (unpaired) electrons. The smallest absolute Gasteiger partial charge is 0.175 e. The van der Waals surface area contributed by atoms with Crippen LogP contribution in [0.25, 0.3) is 0 Å². The van der Waals surface area contributed by atoms with Crippen molar-refractivity contribution < 1.29 is 9.47 Å². The van der Waals surface area contributed by atoms with Crippen LogP contribution in [-0.2, 0) is 6.61 Å². The average molecular weight is 675 g/mol. The molecule has 4 aromatic rings. The summed E-state index contributed by atoms with van der Waals surface area (Å²) in [6.07, 6.45) is 7.70. The van der Waals surface area contributed by atoms with Gasteiger partial charge in [-0.1, -0.05) is 65.7 Å². The van der Waals surface area contributed by atoms with E-state index < -0.39 is 0 Å². The minimum Gasteiger partial charge on any atom is -0.490 e. The van der Waals surface area contributed by atoms with Gasteiger partial charge in [-0.25, -0.2) is 0 Å². The van der Waals surface area contributed by atoms with Crippen molar-refractivity contribution >= 4 is 51.8 Å². The van der Waals surface area contributed by atoms with Crippen molar-refractivity contribution in [2.75, 3.05) is 11.9 Å². The average Bonchev–Trinajstić information content (AvgIpc) is 3.46. The zero-order chi connectivity index (χ0) is 28.3. The van der Waals surface area contributed by atoms with Gasteiger partial charge in [0.15, 0.2) is 11.5 Å². The van der Waals surface area contributed by atoms with Gasteiger partial charge >= 0.3 is 0 Å². The van der Waals surface area contributed by atoms with Crippen LogP contribution in [0.5, 0.6) is 11.5 Å². The van der Waals surface area contributed by atoms with Gasteiger partial charge in [-0.15, -0.1) is 0 Å². The SMILES string of the molecule is CCOc1cc(C=Nc2ccc([C@@H]3Nc4ccc(C)cc4[C@@H]4C=CC[C@H]43)cc2)cc(I)c1OCc1cccc(Cl)c1. The molecule has 208 valence electrons. The van der Waals surface area contributed by atoms with E-state index >= 15 is 0 Å². The zero-order valence-corrected chi connectivity index (χ0v) is 26.0. The maximum Gasteiger partial charge on any atom is 0.175 e. The van der Waals surface area contributed by atoms with Gasteiger partial charge in [0.2, 0.25) is 0 Å². The fourth-order valence-electron chi connectivity index (χ4n) is 5.81. The van der Waals surface area contributed by atoms with E-state index in [-0.39, 0.29) is 6.04 Å². The summed E-state index contributed by atoms with van der Waals surface area (Å²) in [6, 6.07) is 27.4. The Kier molecular flexibility index (Phi) is 8.35. The molecule has 4 nitrogen and oxygen atoms in total. The molecule has 0 unspecified atom stereocenters. The summed E-state index contributed by atoms with van der Waals surface area (Å²) in [4.78, 5) is 4.78. The van der Waals surface area contributed by atoms with E-state index in [9.17, 15) is 0 Å². The second kappa shape index (κ2) is 12.3. The monoisotopic (exact) mass is 674 g/mol. The second-order valence-corrected chi connectivity index (χ2v) is 12.2. The Morgan fingerprint density at radius 2 is 1.88 bits per heavy atom. The molecule has 1 N–H and O–H groups in total. The molecule has 0 fully saturated rings. The maximum absolute atomic E-state index is 6.16. The van der Waals surface area contributed by atoms with Crippen LogP contribution in [0.15, 0.2) is 96.0 Å². The van der Waals surface area contributed by atoms with Crippen molar-refractivity contribution in [3.05, 3.63) is 127 Å². The first-order valence-electron chi connectivity index (χ1n) is 14.0.